The fraction of sp³-hybridized carbons (Fsp3) is 0.294. The van der Waals surface area contributed by atoms with E-state index in [9.17, 15) is 9.59 Å². The van der Waals surface area contributed by atoms with Crippen LogP contribution in [0.4, 0.5) is 0 Å². The third-order valence-electron chi connectivity index (χ3n) is 2.73. The number of para-hydroxylation sites is 1. The Morgan fingerprint density at radius 1 is 1.18 bits per heavy atom. The van der Waals surface area contributed by atoms with Crippen LogP contribution in [0.15, 0.2) is 55.6 Å². The normalized spacial score (nSPS) is 15.9. The molecule has 0 radical (unpaired) electrons. The molecule has 0 amide bonds. The summed E-state index contributed by atoms with van der Waals surface area (Å²) in [4.78, 5) is 21.2. The lowest BCUT2D eigenvalue weighted by Crippen LogP contribution is -2.16. The van der Waals surface area contributed by atoms with E-state index in [-0.39, 0.29) is 12.1 Å². The van der Waals surface area contributed by atoms with E-state index < -0.39 is 5.97 Å². The molecule has 1 unspecified atom stereocenters. The Morgan fingerprint density at radius 2 is 1.86 bits per heavy atom. The highest BCUT2D eigenvalue weighted by atomic mass is 16.6. The monoisotopic (exact) mass is 304 g/mol. The largest absolute Gasteiger partial charge is 0.460 e. The van der Waals surface area contributed by atoms with Crippen LogP contribution < -0.4 is 4.74 Å². The third kappa shape index (κ3) is 7.40. The highest BCUT2D eigenvalue weighted by Gasteiger charge is 2.16. The molecule has 1 aliphatic heterocycles. The van der Waals surface area contributed by atoms with E-state index in [0.717, 1.165) is 31.6 Å². The Morgan fingerprint density at radius 3 is 2.41 bits per heavy atom. The van der Waals surface area contributed by atoms with Gasteiger partial charge < -0.3 is 14.2 Å². The Hall–Kier alpha value is -2.40. The number of hydrogen-bond donors (Lipinski definition) is 0. The summed E-state index contributed by atoms with van der Waals surface area (Å²) >= 11 is 0. The number of carbonyl (C=O) groups excluding carboxylic acids is 2. The number of rotatable bonds is 5. The average Bonchev–Trinajstić information content (AvgIpc) is 3.07. The minimum Gasteiger partial charge on any atom is -0.460 e. The molecule has 1 aromatic rings. The van der Waals surface area contributed by atoms with Crippen LogP contribution in [0.2, 0.25) is 0 Å². The average molecular weight is 304 g/mol. The maximum Gasteiger partial charge on any atom is 0.335 e. The van der Waals surface area contributed by atoms with Crippen LogP contribution in [0, 0.1) is 0 Å². The van der Waals surface area contributed by atoms with Crippen LogP contribution in [0.5, 0.6) is 5.75 Å². The summed E-state index contributed by atoms with van der Waals surface area (Å²) in [5, 5.41) is 0. The predicted octanol–water partition coefficient (Wildman–Crippen LogP) is 2.67. The zero-order valence-corrected chi connectivity index (χ0v) is 12.4. The molecule has 1 saturated heterocycles. The van der Waals surface area contributed by atoms with Gasteiger partial charge in [0.15, 0.2) is 0 Å². The first-order chi connectivity index (χ1) is 10.7. The summed E-state index contributed by atoms with van der Waals surface area (Å²) in [6.45, 7) is 7.73. The standard InChI is InChI=1S/C9H8O2.C8H12O3/c1-2-9(10)11-8-6-4-3-5-7-8;1-2-8(9)11-6-7-4-3-5-10-7/h2-7H,1H2;2,7H,1,3-6H2. The van der Waals surface area contributed by atoms with E-state index in [1.165, 1.54) is 0 Å². The van der Waals surface area contributed by atoms with Crippen molar-refractivity contribution >= 4 is 11.9 Å². The molecule has 1 aliphatic rings. The maximum absolute atomic E-state index is 10.6. The number of benzene rings is 1. The molecule has 1 atom stereocenters. The van der Waals surface area contributed by atoms with Crippen LogP contribution in [0.3, 0.4) is 0 Å². The van der Waals surface area contributed by atoms with Gasteiger partial charge in [0.25, 0.3) is 0 Å². The summed E-state index contributed by atoms with van der Waals surface area (Å²) < 4.78 is 14.8. The SMILES string of the molecule is C=CC(=O)OCC1CCCO1.C=CC(=O)Oc1ccccc1. The fourth-order valence-electron chi connectivity index (χ4n) is 1.66. The molecule has 118 valence electrons. The van der Waals surface area contributed by atoms with Crippen molar-refractivity contribution in [1.29, 1.82) is 0 Å². The molecule has 0 aromatic heterocycles. The summed E-state index contributed by atoms with van der Waals surface area (Å²) in [7, 11) is 0. The van der Waals surface area contributed by atoms with Crippen molar-refractivity contribution in [3.63, 3.8) is 0 Å². The zero-order valence-electron chi connectivity index (χ0n) is 12.4. The quantitative estimate of drug-likeness (QED) is 0.475. The van der Waals surface area contributed by atoms with Gasteiger partial charge in [0.1, 0.15) is 12.4 Å². The van der Waals surface area contributed by atoms with Gasteiger partial charge >= 0.3 is 11.9 Å². The van der Waals surface area contributed by atoms with Crippen molar-refractivity contribution in [3.8, 4) is 5.75 Å². The van der Waals surface area contributed by atoms with Crippen LogP contribution in [0.1, 0.15) is 12.8 Å². The predicted molar refractivity (Wildman–Crippen MR) is 82.4 cm³/mol. The van der Waals surface area contributed by atoms with E-state index in [1.54, 1.807) is 24.3 Å². The summed E-state index contributed by atoms with van der Waals surface area (Å²) in [6.07, 6.45) is 4.46. The highest BCUT2D eigenvalue weighted by molar-refractivity contribution is 5.83. The summed E-state index contributed by atoms with van der Waals surface area (Å²) in [5.74, 6) is -0.269. The van der Waals surface area contributed by atoms with Gasteiger partial charge in [-0.3, -0.25) is 0 Å². The van der Waals surface area contributed by atoms with E-state index in [1.807, 2.05) is 6.07 Å². The lowest BCUT2D eigenvalue weighted by atomic mass is 10.2. The van der Waals surface area contributed by atoms with Gasteiger partial charge in [0, 0.05) is 18.8 Å². The first-order valence-electron chi connectivity index (χ1n) is 6.95. The van der Waals surface area contributed by atoms with Crippen molar-refractivity contribution in [3.05, 3.63) is 55.6 Å². The van der Waals surface area contributed by atoms with Crippen LogP contribution in [0.25, 0.3) is 0 Å². The highest BCUT2D eigenvalue weighted by Crippen LogP contribution is 2.11. The van der Waals surface area contributed by atoms with Crippen molar-refractivity contribution in [1.82, 2.24) is 0 Å². The molecule has 5 nitrogen and oxygen atoms in total. The Labute approximate surface area is 130 Å². The Balaban J connectivity index is 0.000000220. The van der Waals surface area contributed by atoms with Crippen molar-refractivity contribution in [2.24, 2.45) is 0 Å². The van der Waals surface area contributed by atoms with E-state index in [0.29, 0.717) is 12.4 Å². The second kappa shape index (κ2) is 10.3. The molecule has 2 rings (SSSR count). The van der Waals surface area contributed by atoms with E-state index in [2.05, 4.69) is 13.2 Å². The smallest absolute Gasteiger partial charge is 0.335 e. The molecule has 0 spiro atoms. The van der Waals surface area contributed by atoms with Gasteiger partial charge in [-0.1, -0.05) is 31.4 Å². The molecule has 0 aliphatic carbocycles. The summed E-state index contributed by atoms with van der Waals surface area (Å²) in [5.41, 5.74) is 0. The lowest BCUT2D eigenvalue weighted by molar-refractivity contribution is -0.140. The molecule has 1 fully saturated rings. The molecule has 0 N–H and O–H groups in total. The number of carbonyl (C=O) groups is 2. The van der Waals surface area contributed by atoms with Gasteiger partial charge in [-0.2, -0.15) is 0 Å². The Bertz CT molecular complexity index is 489. The third-order valence-corrected chi connectivity index (χ3v) is 2.73. The van der Waals surface area contributed by atoms with Gasteiger partial charge in [-0.15, -0.1) is 0 Å². The van der Waals surface area contributed by atoms with Crippen molar-refractivity contribution in [2.45, 2.75) is 18.9 Å². The molecule has 5 heteroatoms. The topological polar surface area (TPSA) is 61.8 Å². The van der Waals surface area contributed by atoms with Crippen molar-refractivity contribution < 1.29 is 23.8 Å². The number of hydrogen-bond acceptors (Lipinski definition) is 5. The zero-order chi connectivity index (χ0) is 16.2. The number of ether oxygens (including phenoxy) is 3. The minimum atomic E-state index is -0.434. The second-order valence-electron chi connectivity index (χ2n) is 4.41. The lowest BCUT2D eigenvalue weighted by Gasteiger charge is -2.07. The molecule has 22 heavy (non-hydrogen) atoms. The molecule has 1 aromatic carbocycles. The first-order valence-corrected chi connectivity index (χ1v) is 6.95. The molecule has 1 heterocycles. The molecule has 0 bridgehead atoms. The maximum atomic E-state index is 10.6. The molecular formula is C17H20O5. The Kier molecular flexibility index (Phi) is 8.30. The number of esters is 2. The van der Waals surface area contributed by atoms with Gasteiger partial charge in [0.05, 0.1) is 6.10 Å². The van der Waals surface area contributed by atoms with Crippen LogP contribution in [-0.4, -0.2) is 31.3 Å². The first kappa shape index (κ1) is 17.7. The van der Waals surface area contributed by atoms with Gasteiger partial charge in [-0.25, -0.2) is 9.59 Å². The molecular weight excluding hydrogens is 284 g/mol. The van der Waals surface area contributed by atoms with E-state index >= 15 is 0 Å². The van der Waals surface area contributed by atoms with Gasteiger partial charge in [0.2, 0.25) is 0 Å². The second-order valence-corrected chi connectivity index (χ2v) is 4.41. The van der Waals surface area contributed by atoms with Crippen molar-refractivity contribution in [2.75, 3.05) is 13.2 Å². The minimum absolute atomic E-state index is 0.110. The van der Waals surface area contributed by atoms with E-state index in [4.69, 9.17) is 14.2 Å². The van der Waals surface area contributed by atoms with Crippen LogP contribution in [-0.2, 0) is 19.1 Å². The van der Waals surface area contributed by atoms with Gasteiger partial charge in [-0.05, 0) is 25.0 Å². The molecule has 0 saturated carbocycles. The fourth-order valence-corrected chi connectivity index (χ4v) is 1.66. The van der Waals surface area contributed by atoms with Crippen LogP contribution >= 0.6 is 0 Å². The summed E-state index contributed by atoms with van der Waals surface area (Å²) in [6, 6.07) is 8.87.